The van der Waals surface area contributed by atoms with Crippen LogP contribution in [-0.4, -0.2) is 20.2 Å². The standard InChI is InChI=1S/C19H23NO/c1-21-18-9-7-16(8-10-18)19(15-5-3-2-4-6-15)17-11-13-20-14-12-17/h2-10,17,19-20H,11-14H2,1H3. The minimum atomic E-state index is 0.485. The summed E-state index contributed by atoms with van der Waals surface area (Å²) in [5, 5.41) is 3.47. The fourth-order valence-corrected chi connectivity index (χ4v) is 3.39. The molecule has 1 saturated heterocycles. The van der Waals surface area contributed by atoms with Crippen molar-refractivity contribution in [1.82, 2.24) is 5.32 Å². The Morgan fingerprint density at radius 1 is 0.905 bits per heavy atom. The van der Waals surface area contributed by atoms with E-state index in [1.165, 1.54) is 24.0 Å². The molecule has 1 unspecified atom stereocenters. The van der Waals surface area contributed by atoms with Crippen molar-refractivity contribution in [3.63, 3.8) is 0 Å². The van der Waals surface area contributed by atoms with Gasteiger partial charge >= 0.3 is 0 Å². The van der Waals surface area contributed by atoms with Gasteiger partial charge in [-0.1, -0.05) is 42.5 Å². The summed E-state index contributed by atoms with van der Waals surface area (Å²) < 4.78 is 5.29. The van der Waals surface area contributed by atoms with Crippen molar-refractivity contribution in [3.8, 4) is 5.75 Å². The van der Waals surface area contributed by atoms with Crippen LogP contribution in [0.3, 0.4) is 0 Å². The van der Waals surface area contributed by atoms with Gasteiger partial charge in [-0.25, -0.2) is 0 Å². The molecule has 1 aliphatic heterocycles. The summed E-state index contributed by atoms with van der Waals surface area (Å²) in [6.07, 6.45) is 2.48. The Morgan fingerprint density at radius 2 is 1.52 bits per heavy atom. The number of methoxy groups -OCH3 is 1. The molecule has 21 heavy (non-hydrogen) atoms. The molecule has 1 N–H and O–H groups in total. The van der Waals surface area contributed by atoms with Crippen LogP contribution < -0.4 is 10.1 Å². The largest absolute Gasteiger partial charge is 0.497 e. The highest BCUT2D eigenvalue weighted by molar-refractivity contribution is 5.36. The predicted octanol–water partition coefficient (Wildman–Crippen LogP) is 3.83. The molecule has 1 aliphatic rings. The molecular weight excluding hydrogens is 258 g/mol. The van der Waals surface area contributed by atoms with Crippen LogP contribution in [0, 0.1) is 5.92 Å². The number of ether oxygens (including phenoxy) is 1. The Labute approximate surface area is 127 Å². The van der Waals surface area contributed by atoms with Gasteiger partial charge in [0.25, 0.3) is 0 Å². The molecule has 0 saturated carbocycles. The fraction of sp³-hybridized carbons (Fsp3) is 0.368. The summed E-state index contributed by atoms with van der Waals surface area (Å²) in [6, 6.07) is 19.5. The van der Waals surface area contributed by atoms with Crippen LogP contribution >= 0.6 is 0 Å². The van der Waals surface area contributed by atoms with Crippen LogP contribution in [0.25, 0.3) is 0 Å². The molecule has 2 heteroatoms. The lowest BCUT2D eigenvalue weighted by atomic mass is 9.76. The molecule has 1 atom stereocenters. The van der Waals surface area contributed by atoms with E-state index in [2.05, 4.69) is 59.9 Å². The van der Waals surface area contributed by atoms with Crippen molar-refractivity contribution < 1.29 is 4.74 Å². The highest BCUT2D eigenvalue weighted by atomic mass is 16.5. The molecule has 2 aromatic rings. The maximum Gasteiger partial charge on any atom is 0.118 e. The second kappa shape index (κ2) is 6.77. The third-order valence-electron chi connectivity index (χ3n) is 4.49. The first-order valence-corrected chi connectivity index (χ1v) is 7.78. The van der Waals surface area contributed by atoms with E-state index in [0.717, 1.165) is 18.8 Å². The lowest BCUT2D eigenvalue weighted by Gasteiger charge is -2.31. The van der Waals surface area contributed by atoms with Crippen LogP contribution in [0.1, 0.15) is 29.9 Å². The molecule has 1 heterocycles. The van der Waals surface area contributed by atoms with E-state index in [4.69, 9.17) is 4.74 Å². The third-order valence-corrected chi connectivity index (χ3v) is 4.49. The van der Waals surface area contributed by atoms with E-state index in [1.54, 1.807) is 7.11 Å². The molecule has 2 nitrogen and oxygen atoms in total. The molecule has 0 amide bonds. The molecule has 0 aromatic heterocycles. The number of hydrogen-bond donors (Lipinski definition) is 1. The summed E-state index contributed by atoms with van der Waals surface area (Å²) in [7, 11) is 1.72. The second-order valence-corrected chi connectivity index (χ2v) is 5.75. The smallest absolute Gasteiger partial charge is 0.118 e. The average Bonchev–Trinajstić information content (AvgIpc) is 2.58. The number of rotatable bonds is 4. The molecule has 0 spiro atoms. The molecule has 0 radical (unpaired) electrons. The first kappa shape index (κ1) is 14.2. The van der Waals surface area contributed by atoms with Gasteiger partial charge in [0.1, 0.15) is 5.75 Å². The van der Waals surface area contributed by atoms with Gasteiger partial charge in [-0.05, 0) is 55.1 Å². The fourth-order valence-electron chi connectivity index (χ4n) is 3.39. The van der Waals surface area contributed by atoms with Crippen LogP contribution in [0.4, 0.5) is 0 Å². The molecular formula is C19H23NO. The quantitative estimate of drug-likeness (QED) is 0.919. The zero-order valence-electron chi connectivity index (χ0n) is 12.6. The maximum atomic E-state index is 5.29. The zero-order chi connectivity index (χ0) is 14.5. The maximum absolute atomic E-state index is 5.29. The van der Waals surface area contributed by atoms with E-state index in [0.29, 0.717) is 11.8 Å². The molecule has 3 rings (SSSR count). The summed E-state index contributed by atoms with van der Waals surface area (Å²) >= 11 is 0. The third kappa shape index (κ3) is 3.27. The van der Waals surface area contributed by atoms with Crippen molar-refractivity contribution in [2.45, 2.75) is 18.8 Å². The molecule has 110 valence electrons. The lowest BCUT2D eigenvalue weighted by Crippen LogP contribution is -2.31. The van der Waals surface area contributed by atoms with Gasteiger partial charge in [0, 0.05) is 5.92 Å². The highest BCUT2D eigenvalue weighted by Gasteiger charge is 2.26. The average molecular weight is 281 g/mol. The van der Waals surface area contributed by atoms with Gasteiger partial charge < -0.3 is 10.1 Å². The molecule has 2 aromatic carbocycles. The van der Waals surface area contributed by atoms with E-state index in [1.807, 2.05) is 0 Å². The van der Waals surface area contributed by atoms with E-state index in [-0.39, 0.29) is 0 Å². The minimum absolute atomic E-state index is 0.485. The minimum Gasteiger partial charge on any atom is -0.497 e. The van der Waals surface area contributed by atoms with Crippen LogP contribution in [-0.2, 0) is 0 Å². The highest BCUT2D eigenvalue weighted by Crippen LogP contribution is 2.37. The van der Waals surface area contributed by atoms with Crippen LogP contribution in [0.15, 0.2) is 54.6 Å². The van der Waals surface area contributed by atoms with Gasteiger partial charge in [0.2, 0.25) is 0 Å². The summed E-state index contributed by atoms with van der Waals surface area (Å²) in [4.78, 5) is 0. The van der Waals surface area contributed by atoms with Gasteiger partial charge in [0.15, 0.2) is 0 Å². The molecule has 1 fully saturated rings. The monoisotopic (exact) mass is 281 g/mol. The topological polar surface area (TPSA) is 21.3 Å². The molecule has 0 aliphatic carbocycles. The first-order valence-electron chi connectivity index (χ1n) is 7.78. The number of hydrogen-bond acceptors (Lipinski definition) is 2. The Balaban J connectivity index is 1.94. The normalized spacial score (nSPS) is 17.4. The number of benzene rings is 2. The Bertz CT molecular complexity index is 544. The summed E-state index contributed by atoms with van der Waals surface area (Å²) in [5.74, 6) is 2.12. The molecule has 0 bridgehead atoms. The van der Waals surface area contributed by atoms with Crippen molar-refractivity contribution in [2.24, 2.45) is 5.92 Å². The van der Waals surface area contributed by atoms with E-state index < -0.39 is 0 Å². The van der Waals surface area contributed by atoms with Crippen molar-refractivity contribution >= 4 is 0 Å². The van der Waals surface area contributed by atoms with Crippen molar-refractivity contribution in [2.75, 3.05) is 20.2 Å². The summed E-state index contributed by atoms with van der Waals surface area (Å²) in [6.45, 7) is 2.26. The Hall–Kier alpha value is -1.80. The Kier molecular flexibility index (Phi) is 4.56. The Morgan fingerprint density at radius 3 is 2.14 bits per heavy atom. The van der Waals surface area contributed by atoms with Gasteiger partial charge in [-0.15, -0.1) is 0 Å². The van der Waals surface area contributed by atoms with Crippen molar-refractivity contribution in [3.05, 3.63) is 65.7 Å². The first-order chi connectivity index (χ1) is 10.4. The van der Waals surface area contributed by atoms with Gasteiger partial charge in [-0.2, -0.15) is 0 Å². The van der Waals surface area contributed by atoms with E-state index in [9.17, 15) is 0 Å². The van der Waals surface area contributed by atoms with Crippen molar-refractivity contribution in [1.29, 1.82) is 0 Å². The number of nitrogens with one attached hydrogen (secondary N) is 1. The van der Waals surface area contributed by atoms with Crippen LogP contribution in [0.2, 0.25) is 0 Å². The van der Waals surface area contributed by atoms with Crippen LogP contribution in [0.5, 0.6) is 5.75 Å². The summed E-state index contributed by atoms with van der Waals surface area (Å²) in [5.41, 5.74) is 2.82. The zero-order valence-corrected chi connectivity index (χ0v) is 12.6. The van der Waals surface area contributed by atoms with Gasteiger partial charge in [0.05, 0.1) is 7.11 Å². The van der Waals surface area contributed by atoms with Gasteiger partial charge in [-0.3, -0.25) is 0 Å². The van der Waals surface area contributed by atoms with E-state index >= 15 is 0 Å². The number of piperidine rings is 1. The predicted molar refractivity (Wildman–Crippen MR) is 86.9 cm³/mol. The SMILES string of the molecule is COc1ccc(C(c2ccccc2)C2CCNCC2)cc1. The lowest BCUT2D eigenvalue weighted by molar-refractivity contribution is 0.342. The second-order valence-electron chi connectivity index (χ2n) is 5.75.